The Morgan fingerprint density at radius 3 is 0.766 bits per heavy atom. The topological polar surface area (TPSA) is 94.4 Å². The van der Waals surface area contributed by atoms with Gasteiger partial charge < -0.3 is 20.2 Å². The van der Waals surface area contributed by atoms with E-state index in [0.29, 0.717) is 0 Å². The normalized spacial score (nSPS) is 12.3. The maximum Gasteiger partial charge on any atom is 3.00 e. The molecule has 2 N–H and O–H groups in total. The summed E-state index contributed by atoms with van der Waals surface area (Å²) in [6.45, 7) is 6.62. The summed E-state index contributed by atoms with van der Waals surface area (Å²) in [4.78, 5) is 21.2. The molecule has 2 aliphatic rings. The molecule has 0 aliphatic carbocycles. The second kappa shape index (κ2) is 20.5. The molecule has 7 aromatic rings. The van der Waals surface area contributed by atoms with Crippen LogP contribution in [-0.4, -0.2) is 57.8 Å². The molecule has 2 aliphatic heterocycles. The third-order valence-electron chi connectivity index (χ3n) is 9.12. The SMILES string of the molecule is C1=Cc2nc1c(-c1ccccc1)c1ccc([n-]1)c(-c1ccccc1)c1nc(c(-c3ccccc3)c3ccc([n-]3)c2-c2ccccc2)C=C1.C=CCO.C=CCO.F[P-](F)(F)(F)(F)F.[Sb+3]. The molecule has 0 saturated carbocycles. The summed E-state index contributed by atoms with van der Waals surface area (Å²) < 4.78 is 59.2. The van der Waals surface area contributed by atoms with Crippen LogP contribution in [-0.2, 0) is 0 Å². The molecule has 5 heterocycles. The second-order valence-corrected chi connectivity index (χ2v) is 15.6. The van der Waals surface area contributed by atoms with Crippen LogP contribution in [0.15, 0.2) is 171 Å². The van der Waals surface area contributed by atoms with Gasteiger partial charge in [0.25, 0.3) is 0 Å². The Hall–Kier alpha value is -6.29. The number of aliphatic hydroxyl groups excluding tert-OH is 2. The average molecular weight is 996 g/mol. The average Bonchev–Trinajstić information content (AvgIpc) is 4.13. The van der Waals surface area contributed by atoms with E-state index in [4.69, 9.17) is 30.1 Å². The number of hydrogen-bond donors (Lipinski definition) is 2. The Labute approximate surface area is 383 Å². The predicted octanol–water partition coefficient (Wildman–Crippen LogP) is 13.9. The van der Waals surface area contributed by atoms with Crippen LogP contribution in [0.2, 0.25) is 0 Å². The third-order valence-corrected chi connectivity index (χ3v) is 9.12. The van der Waals surface area contributed by atoms with Crippen molar-refractivity contribution in [3.63, 3.8) is 0 Å². The van der Waals surface area contributed by atoms with Crippen molar-refractivity contribution in [1.29, 1.82) is 0 Å². The van der Waals surface area contributed by atoms with Crippen LogP contribution in [0.3, 0.4) is 0 Å². The quantitative estimate of drug-likeness (QED) is 0.0746. The summed E-state index contributed by atoms with van der Waals surface area (Å²) in [5, 5.41) is 15.5. The van der Waals surface area contributed by atoms with Gasteiger partial charge in [0, 0.05) is 0 Å². The van der Waals surface area contributed by atoms with Crippen molar-refractivity contribution in [2.75, 3.05) is 13.2 Å². The summed E-state index contributed by atoms with van der Waals surface area (Å²) in [6.07, 6.45) is 11.3. The first-order valence-electron chi connectivity index (χ1n) is 19.4. The van der Waals surface area contributed by atoms with Gasteiger partial charge in [-0.05, 0) is 68.8 Å². The number of hydrogen-bond acceptors (Lipinski definition) is 4. The number of benzene rings is 4. The molecule has 8 bridgehead atoms. The van der Waals surface area contributed by atoms with Crippen molar-refractivity contribution in [3.05, 3.63) is 194 Å². The van der Waals surface area contributed by atoms with Crippen molar-refractivity contribution < 1.29 is 35.4 Å². The van der Waals surface area contributed by atoms with Crippen molar-refractivity contribution >= 4 is 78.6 Å². The van der Waals surface area contributed by atoms with E-state index in [-0.39, 0.29) is 37.6 Å². The van der Waals surface area contributed by atoms with Crippen LogP contribution in [0, 0.1) is 0 Å². The first-order valence-corrected chi connectivity index (χ1v) is 21.4. The number of aromatic nitrogens is 4. The minimum absolute atomic E-state index is 0. The fraction of sp³-hybridized carbons (Fsp3) is 0.0400. The first kappa shape index (κ1) is 48.7. The van der Waals surface area contributed by atoms with Crippen LogP contribution in [0.4, 0.5) is 25.2 Å². The van der Waals surface area contributed by atoms with Gasteiger partial charge in [-0.2, -0.15) is 0 Å². The maximum atomic E-state index is 9.87. The number of nitrogens with zero attached hydrogens (tertiary/aromatic N) is 4. The molecule has 0 atom stereocenters. The molecule has 0 fully saturated rings. The summed E-state index contributed by atoms with van der Waals surface area (Å²) >= 11 is 0. The fourth-order valence-electron chi connectivity index (χ4n) is 6.69. The Morgan fingerprint density at radius 1 is 0.406 bits per heavy atom. The van der Waals surface area contributed by atoms with Crippen molar-refractivity contribution in [3.8, 4) is 44.5 Å². The summed E-state index contributed by atoms with van der Waals surface area (Å²) in [6, 6.07) is 50.0. The van der Waals surface area contributed by atoms with E-state index >= 15 is 0 Å². The Morgan fingerprint density at radius 2 is 0.594 bits per heavy atom. The number of rotatable bonds is 6. The fourth-order valence-corrected chi connectivity index (χ4v) is 6.69. The van der Waals surface area contributed by atoms with E-state index in [1.165, 1.54) is 12.2 Å². The van der Waals surface area contributed by atoms with Gasteiger partial charge >= 0.3 is 57.4 Å². The van der Waals surface area contributed by atoms with E-state index in [1.54, 1.807) is 0 Å². The van der Waals surface area contributed by atoms with Gasteiger partial charge in [0.2, 0.25) is 0 Å². The number of halogens is 6. The summed E-state index contributed by atoms with van der Waals surface area (Å²) in [7, 11) is -10.7. The van der Waals surface area contributed by atoms with Crippen molar-refractivity contribution in [2.45, 2.75) is 0 Å². The molecular formula is C50H40F6N4O2PSb. The number of fused-ring (bicyclic) bond motifs is 8. The molecule has 0 saturated heterocycles. The zero-order valence-electron chi connectivity index (χ0n) is 34.0. The molecule has 64 heavy (non-hydrogen) atoms. The van der Waals surface area contributed by atoms with Crippen molar-refractivity contribution in [1.82, 2.24) is 19.9 Å². The van der Waals surface area contributed by atoms with Gasteiger partial charge in [-0.15, -0.1) is 35.2 Å². The monoisotopic (exact) mass is 994 g/mol. The van der Waals surface area contributed by atoms with Gasteiger partial charge in [0.05, 0.1) is 36.0 Å². The maximum absolute atomic E-state index is 10.7. The van der Waals surface area contributed by atoms with E-state index in [2.05, 4.69) is 159 Å². The Kier molecular flexibility index (Phi) is 15.6. The van der Waals surface area contributed by atoms with Crippen molar-refractivity contribution in [2.24, 2.45) is 0 Å². The molecule has 14 heteroatoms. The predicted molar refractivity (Wildman–Crippen MR) is 252 cm³/mol. The van der Waals surface area contributed by atoms with E-state index < -0.39 is 7.81 Å². The Bertz CT molecular complexity index is 2580. The van der Waals surface area contributed by atoms with Crippen LogP contribution in [0.1, 0.15) is 22.8 Å². The van der Waals surface area contributed by atoms with Gasteiger partial charge in [-0.3, -0.25) is 0 Å². The molecule has 324 valence electrons. The van der Waals surface area contributed by atoms with Crippen LogP contribution < -0.4 is 9.97 Å². The minimum Gasteiger partial charge on any atom is 3.00 e. The minimum atomic E-state index is -10.7. The molecule has 4 aromatic carbocycles. The molecule has 0 unspecified atom stereocenters. The summed E-state index contributed by atoms with van der Waals surface area (Å²) in [5.41, 5.74) is 15.0. The molecule has 0 amide bonds. The number of aliphatic hydroxyl groups is 2. The van der Waals surface area contributed by atoms with Gasteiger partial charge in [0.15, 0.2) is 0 Å². The van der Waals surface area contributed by atoms with Gasteiger partial charge in [-0.1, -0.05) is 158 Å². The largest absolute Gasteiger partial charge is 3.00 e. The van der Waals surface area contributed by atoms with Crippen LogP contribution >= 0.6 is 7.81 Å². The molecule has 9 rings (SSSR count). The van der Waals surface area contributed by atoms with E-state index in [1.807, 2.05) is 24.3 Å². The molecule has 2 radical (unpaired) electrons. The Balaban J connectivity index is 0.000000420. The summed E-state index contributed by atoms with van der Waals surface area (Å²) in [5.74, 6) is 0. The van der Waals surface area contributed by atoms with E-state index in [0.717, 1.165) is 89.4 Å². The van der Waals surface area contributed by atoms with Crippen LogP contribution in [0.5, 0.6) is 0 Å². The first-order chi connectivity index (χ1) is 30.1. The zero-order valence-corrected chi connectivity index (χ0v) is 37.4. The van der Waals surface area contributed by atoms with Crippen LogP contribution in [0.25, 0.3) is 90.9 Å². The van der Waals surface area contributed by atoms with Gasteiger partial charge in [0.1, 0.15) is 0 Å². The smallest absolute Gasteiger partial charge is 3.00 e. The van der Waals surface area contributed by atoms with E-state index in [9.17, 15) is 25.2 Å². The standard InChI is InChI=1S/C44H28N4.2C3H6O.F6P.Sb/c1-5-13-29(14-6-1)41-33-21-23-35(45-33)42(30-15-7-2-8-16-30)37-25-27-39(47-37)44(32-19-11-4-12-20-32)40-28-26-38(48-40)43(31-17-9-3-10-18-31)36-24-22-34(41)46-36;2*1-2-3-4;1-7(2,3,4,5)6;/h1-28H;2*2,4H,1,3H2;;/q-2;;;-1;+3. The zero-order chi connectivity index (χ0) is 45.1. The second-order valence-electron chi connectivity index (χ2n) is 13.7. The molecule has 3 aromatic heterocycles. The third kappa shape index (κ3) is 13.4. The molecule has 6 nitrogen and oxygen atoms in total. The van der Waals surface area contributed by atoms with Gasteiger partial charge in [-0.25, -0.2) is 9.97 Å². The molecular weight excluding hydrogens is 955 g/mol. The molecule has 0 spiro atoms.